The first-order valence-electron chi connectivity index (χ1n) is 8.64. The fourth-order valence-corrected chi connectivity index (χ4v) is 4.39. The molecule has 0 aliphatic rings. The van der Waals surface area contributed by atoms with Gasteiger partial charge in [0.1, 0.15) is 22.9 Å². The van der Waals surface area contributed by atoms with E-state index in [2.05, 4.69) is 10.3 Å². The summed E-state index contributed by atoms with van der Waals surface area (Å²) in [5, 5.41) is 3.46. The average molecular weight is 416 g/mol. The smallest absolute Gasteiger partial charge is 0.272 e. The lowest BCUT2D eigenvalue weighted by Gasteiger charge is -2.12. The lowest BCUT2D eigenvalue weighted by atomic mass is 10.2. The molecule has 0 fully saturated rings. The van der Waals surface area contributed by atoms with E-state index in [4.69, 9.17) is 11.6 Å². The van der Waals surface area contributed by atoms with Crippen LogP contribution in [0.3, 0.4) is 0 Å². The summed E-state index contributed by atoms with van der Waals surface area (Å²) in [6, 6.07) is 11.6. The Hall–Kier alpha value is -2.77. The molecule has 1 N–H and O–H groups in total. The number of amides is 1. The highest BCUT2D eigenvalue weighted by Gasteiger charge is 2.19. The highest BCUT2D eigenvalue weighted by Crippen LogP contribution is 2.32. The Morgan fingerprint density at radius 1 is 1.25 bits per heavy atom. The van der Waals surface area contributed by atoms with Gasteiger partial charge >= 0.3 is 0 Å². The molecule has 2 aromatic carbocycles. The zero-order valence-corrected chi connectivity index (χ0v) is 16.4. The summed E-state index contributed by atoms with van der Waals surface area (Å²) >= 11 is 7.25. The first-order chi connectivity index (χ1) is 13.5. The molecule has 2 heterocycles. The molecule has 0 spiro atoms. The molecule has 0 radical (unpaired) electrons. The molecule has 142 valence electrons. The van der Waals surface area contributed by atoms with Crippen molar-refractivity contribution in [3.63, 3.8) is 0 Å². The summed E-state index contributed by atoms with van der Waals surface area (Å²) in [5.41, 5.74) is 0.470. The van der Waals surface area contributed by atoms with E-state index in [1.165, 1.54) is 22.0 Å². The van der Waals surface area contributed by atoms with E-state index >= 15 is 0 Å². The van der Waals surface area contributed by atoms with Gasteiger partial charge in [0.15, 0.2) is 0 Å². The summed E-state index contributed by atoms with van der Waals surface area (Å²) in [5.74, 6) is -0.375. The van der Waals surface area contributed by atoms with Crippen LogP contribution < -0.4 is 10.9 Å². The first-order valence-corrected chi connectivity index (χ1v) is 9.84. The number of hydrogen-bond acceptors (Lipinski definition) is 4. The van der Waals surface area contributed by atoms with Gasteiger partial charge in [-0.3, -0.25) is 14.2 Å². The maximum absolute atomic E-state index is 14.3. The van der Waals surface area contributed by atoms with Crippen LogP contribution in [0.2, 0.25) is 5.02 Å². The SMILES string of the molecule is CCc1nc2c(sc3cccc(F)c32)c(=O)n1CC(=O)Nc1ccccc1Cl. The highest BCUT2D eigenvalue weighted by atomic mass is 35.5. The van der Waals surface area contributed by atoms with E-state index in [-0.39, 0.29) is 12.1 Å². The number of carbonyl (C=O) groups excluding carboxylic acids is 1. The molecule has 0 aliphatic carbocycles. The number of rotatable bonds is 4. The normalized spacial score (nSPS) is 11.2. The number of fused-ring (bicyclic) bond motifs is 3. The minimum atomic E-state index is -0.410. The third kappa shape index (κ3) is 3.16. The van der Waals surface area contributed by atoms with Gasteiger partial charge in [0.05, 0.1) is 21.6 Å². The van der Waals surface area contributed by atoms with Gasteiger partial charge in [-0.2, -0.15) is 0 Å². The number of nitrogens with one attached hydrogen (secondary N) is 1. The number of nitrogens with zero attached hydrogens (tertiary/aromatic N) is 2. The van der Waals surface area contributed by atoms with Crippen LogP contribution in [0.4, 0.5) is 10.1 Å². The van der Waals surface area contributed by atoms with Crippen molar-refractivity contribution in [1.29, 1.82) is 0 Å². The molecule has 0 aliphatic heterocycles. The fourth-order valence-electron chi connectivity index (χ4n) is 3.10. The van der Waals surface area contributed by atoms with Gasteiger partial charge in [-0.05, 0) is 24.3 Å². The lowest BCUT2D eigenvalue weighted by molar-refractivity contribution is -0.116. The van der Waals surface area contributed by atoms with Gasteiger partial charge in [0.25, 0.3) is 5.56 Å². The number of aromatic nitrogens is 2. The quantitative estimate of drug-likeness (QED) is 0.529. The molecule has 0 atom stereocenters. The molecule has 0 saturated heterocycles. The van der Waals surface area contributed by atoms with Crippen molar-refractivity contribution < 1.29 is 9.18 Å². The van der Waals surface area contributed by atoms with Crippen molar-refractivity contribution in [2.24, 2.45) is 0 Å². The van der Waals surface area contributed by atoms with Gasteiger partial charge in [0.2, 0.25) is 5.91 Å². The van der Waals surface area contributed by atoms with E-state index in [9.17, 15) is 14.0 Å². The molecular formula is C20H15ClFN3O2S. The number of thiophene rings is 1. The predicted molar refractivity (Wildman–Crippen MR) is 111 cm³/mol. The zero-order chi connectivity index (χ0) is 19.8. The second-order valence-corrected chi connectivity index (χ2v) is 7.65. The number of para-hydroxylation sites is 1. The van der Waals surface area contributed by atoms with E-state index in [0.29, 0.717) is 43.3 Å². The van der Waals surface area contributed by atoms with Crippen LogP contribution in [0, 0.1) is 5.82 Å². The van der Waals surface area contributed by atoms with Gasteiger partial charge in [-0.15, -0.1) is 11.3 Å². The molecule has 0 unspecified atom stereocenters. The largest absolute Gasteiger partial charge is 0.323 e. The molecule has 0 saturated carbocycles. The number of anilines is 1. The maximum Gasteiger partial charge on any atom is 0.272 e. The van der Waals surface area contributed by atoms with Crippen LogP contribution in [-0.2, 0) is 17.8 Å². The van der Waals surface area contributed by atoms with Crippen molar-refractivity contribution in [2.75, 3.05) is 5.32 Å². The number of hydrogen-bond donors (Lipinski definition) is 1. The van der Waals surface area contributed by atoms with E-state index in [0.717, 1.165) is 0 Å². The third-order valence-corrected chi connectivity index (χ3v) is 5.86. The van der Waals surface area contributed by atoms with Gasteiger partial charge in [-0.25, -0.2) is 9.37 Å². The van der Waals surface area contributed by atoms with E-state index < -0.39 is 11.7 Å². The van der Waals surface area contributed by atoms with Crippen molar-refractivity contribution in [1.82, 2.24) is 9.55 Å². The molecule has 8 heteroatoms. The van der Waals surface area contributed by atoms with Crippen molar-refractivity contribution in [3.8, 4) is 0 Å². The molecule has 0 bridgehead atoms. The molecule has 2 aromatic heterocycles. The Kier molecular flexibility index (Phi) is 4.87. The Bertz CT molecular complexity index is 1280. The molecule has 5 nitrogen and oxygen atoms in total. The summed E-state index contributed by atoms with van der Waals surface area (Å²) < 4.78 is 16.6. The minimum absolute atomic E-state index is 0.201. The van der Waals surface area contributed by atoms with Gasteiger partial charge in [-0.1, -0.05) is 36.7 Å². The lowest BCUT2D eigenvalue weighted by Crippen LogP contribution is -2.30. The van der Waals surface area contributed by atoms with Crippen LogP contribution in [0.1, 0.15) is 12.7 Å². The summed E-state index contributed by atoms with van der Waals surface area (Å²) in [6.07, 6.45) is 0.427. The first kappa shape index (κ1) is 18.6. The van der Waals surface area contributed by atoms with Crippen LogP contribution in [0.15, 0.2) is 47.3 Å². The topological polar surface area (TPSA) is 64.0 Å². The van der Waals surface area contributed by atoms with Crippen molar-refractivity contribution in [2.45, 2.75) is 19.9 Å². The standard InChI is InChI=1S/C20H15ClFN3O2S/c1-2-15-24-18-17-12(22)7-5-9-14(17)28-19(18)20(27)25(15)10-16(26)23-13-8-4-3-6-11(13)21/h3-9H,2,10H2,1H3,(H,23,26). The molecule has 1 amide bonds. The number of aryl methyl sites for hydroxylation is 1. The minimum Gasteiger partial charge on any atom is -0.323 e. The summed E-state index contributed by atoms with van der Waals surface area (Å²) in [4.78, 5) is 30.1. The zero-order valence-electron chi connectivity index (χ0n) is 14.8. The van der Waals surface area contributed by atoms with E-state index in [1.807, 2.05) is 6.92 Å². The Morgan fingerprint density at radius 2 is 2.04 bits per heavy atom. The van der Waals surface area contributed by atoms with Crippen LogP contribution >= 0.6 is 22.9 Å². The summed E-state index contributed by atoms with van der Waals surface area (Å²) in [6.45, 7) is 1.63. The molecule has 4 aromatic rings. The van der Waals surface area contributed by atoms with Gasteiger partial charge in [0, 0.05) is 11.1 Å². The van der Waals surface area contributed by atoms with Crippen molar-refractivity contribution >= 4 is 54.8 Å². The maximum atomic E-state index is 14.3. The van der Waals surface area contributed by atoms with Crippen LogP contribution in [0.25, 0.3) is 20.3 Å². The Labute approximate surface area is 168 Å². The molecule has 4 rings (SSSR count). The second kappa shape index (κ2) is 7.33. The van der Waals surface area contributed by atoms with Crippen LogP contribution in [-0.4, -0.2) is 15.5 Å². The number of halogens is 2. The molecular weight excluding hydrogens is 401 g/mol. The van der Waals surface area contributed by atoms with Crippen LogP contribution in [0.5, 0.6) is 0 Å². The fraction of sp³-hybridized carbons (Fsp3) is 0.150. The number of benzene rings is 2. The van der Waals surface area contributed by atoms with E-state index in [1.54, 1.807) is 36.4 Å². The molecule has 28 heavy (non-hydrogen) atoms. The third-order valence-electron chi connectivity index (χ3n) is 4.40. The average Bonchev–Trinajstić information content (AvgIpc) is 3.06. The second-order valence-electron chi connectivity index (χ2n) is 6.19. The Balaban J connectivity index is 1.78. The highest BCUT2D eigenvalue weighted by molar-refractivity contribution is 7.25. The Morgan fingerprint density at radius 3 is 2.79 bits per heavy atom. The van der Waals surface area contributed by atoms with Crippen molar-refractivity contribution in [3.05, 3.63) is 69.5 Å². The number of carbonyl (C=O) groups is 1. The predicted octanol–water partition coefficient (Wildman–Crippen LogP) is 4.60. The summed E-state index contributed by atoms with van der Waals surface area (Å²) in [7, 11) is 0. The van der Waals surface area contributed by atoms with Gasteiger partial charge < -0.3 is 5.32 Å². The monoisotopic (exact) mass is 415 g/mol.